The van der Waals surface area contributed by atoms with Crippen molar-refractivity contribution in [3.05, 3.63) is 45.8 Å². The Labute approximate surface area is 107 Å². The summed E-state index contributed by atoms with van der Waals surface area (Å²) >= 11 is 1.34. The minimum Gasteiger partial charge on any atom is -0.478 e. The van der Waals surface area contributed by atoms with Gasteiger partial charge in [0.05, 0.1) is 4.88 Å². The standard InChI is InChI=1S/C12H10N2O3S/c1-7-4-5-9(18-7)11(15)14-10-8(12(16)17)3-2-6-13-10/h2-6H,1H3,(H,16,17)(H,13,14,15). The highest BCUT2D eigenvalue weighted by Gasteiger charge is 2.15. The number of thiophene rings is 1. The van der Waals surface area contributed by atoms with E-state index in [1.807, 2.05) is 13.0 Å². The number of carbonyl (C=O) groups excluding carboxylic acids is 1. The number of aryl methyl sites for hydroxylation is 1. The average Bonchev–Trinajstić information content (AvgIpc) is 2.76. The lowest BCUT2D eigenvalue weighted by atomic mass is 10.2. The molecular formula is C12H10N2O3S. The summed E-state index contributed by atoms with van der Waals surface area (Å²) in [4.78, 5) is 28.2. The molecule has 92 valence electrons. The Morgan fingerprint density at radius 2 is 2.11 bits per heavy atom. The number of hydrogen-bond donors (Lipinski definition) is 2. The van der Waals surface area contributed by atoms with Crippen molar-refractivity contribution >= 4 is 29.0 Å². The lowest BCUT2D eigenvalue weighted by Crippen LogP contribution is -2.14. The number of aromatic nitrogens is 1. The van der Waals surface area contributed by atoms with E-state index >= 15 is 0 Å². The van der Waals surface area contributed by atoms with Crippen molar-refractivity contribution in [2.45, 2.75) is 6.92 Å². The number of carboxylic acids is 1. The van der Waals surface area contributed by atoms with Crippen LogP contribution in [0.4, 0.5) is 5.82 Å². The normalized spacial score (nSPS) is 10.1. The van der Waals surface area contributed by atoms with Crippen LogP contribution in [0.3, 0.4) is 0 Å². The molecule has 0 saturated heterocycles. The Morgan fingerprint density at radius 3 is 2.72 bits per heavy atom. The van der Waals surface area contributed by atoms with E-state index in [-0.39, 0.29) is 17.3 Å². The molecule has 6 heteroatoms. The molecule has 2 N–H and O–H groups in total. The molecule has 18 heavy (non-hydrogen) atoms. The summed E-state index contributed by atoms with van der Waals surface area (Å²) in [5.41, 5.74) is -0.0286. The fourth-order valence-corrected chi connectivity index (χ4v) is 2.17. The highest BCUT2D eigenvalue weighted by molar-refractivity contribution is 7.14. The van der Waals surface area contributed by atoms with Crippen molar-refractivity contribution in [1.29, 1.82) is 0 Å². The number of nitrogens with zero attached hydrogens (tertiary/aromatic N) is 1. The molecule has 2 rings (SSSR count). The summed E-state index contributed by atoms with van der Waals surface area (Å²) < 4.78 is 0. The van der Waals surface area contributed by atoms with Crippen LogP contribution in [0, 0.1) is 6.92 Å². The van der Waals surface area contributed by atoms with Crippen molar-refractivity contribution in [3.8, 4) is 0 Å². The summed E-state index contributed by atoms with van der Waals surface area (Å²) in [5, 5.41) is 11.5. The van der Waals surface area contributed by atoms with Gasteiger partial charge in [0.1, 0.15) is 11.4 Å². The number of nitrogens with one attached hydrogen (secondary N) is 1. The zero-order chi connectivity index (χ0) is 13.1. The van der Waals surface area contributed by atoms with Crippen molar-refractivity contribution < 1.29 is 14.7 Å². The first kappa shape index (κ1) is 12.3. The van der Waals surface area contributed by atoms with E-state index in [9.17, 15) is 9.59 Å². The smallest absolute Gasteiger partial charge is 0.339 e. The molecule has 0 atom stereocenters. The van der Waals surface area contributed by atoms with Crippen LogP contribution in [0.5, 0.6) is 0 Å². The maximum atomic E-state index is 11.9. The Balaban J connectivity index is 2.24. The second-order valence-corrected chi connectivity index (χ2v) is 4.86. The van der Waals surface area contributed by atoms with Crippen molar-refractivity contribution in [2.24, 2.45) is 0 Å². The topological polar surface area (TPSA) is 79.3 Å². The number of hydrogen-bond acceptors (Lipinski definition) is 4. The van der Waals surface area contributed by atoms with E-state index in [0.29, 0.717) is 4.88 Å². The molecule has 0 radical (unpaired) electrons. The van der Waals surface area contributed by atoms with Gasteiger partial charge in [0.15, 0.2) is 0 Å². The molecule has 1 amide bonds. The first-order chi connectivity index (χ1) is 8.58. The number of carboxylic acid groups (broad SMARTS) is 1. The van der Waals surface area contributed by atoms with E-state index in [1.54, 1.807) is 6.07 Å². The third kappa shape index (κ3) is 2.54. The molecule has 2 aromatic rings. The fraction of sp³-hybridized carbons (Fsp3) is 0.0833. The van der Waals surface area contributed by atoms with Crippen LogP contribution < -0.4 is 5.32 Å². The van der Waals surface area contributed by atoms with E-state index in [4.69, 9.17) is 5.11 Å². The summed E-state index contributed by atoms with van der Waals surface area (Å²) in [7, 11) is 0. The van der Waals surface area contributed by atoms with Crippen LogP contribution in [-0.4, -0.2) is 22.0 Å². The lowest BCUT2D eigenvalue weighted by Gasteiger charge is -2.05. The van der Waals surface area contributed by atoms with Crippen LogP contribution >= 0.6 is 11.3 Å². The number of anilines is 1. The van der Waals surface area contributed by atoms with Gasteiger partial charge >= 0.3 is 5.97 Å². The third-order valence-electron chi connectivity index (χ3n) is 2.23. The lowest BCUT2D eigenvalue weighted by molar-refractivity contribution is 0.0697. The number of rotatable bonds is 3. The number of pyridine rings is 1. The zero-order valence-corrected chi connectivity index (χ0v) is 10.3. The van der Waals surface area contributed by atoms with E-state index < -0.39 is 5.97 Å². The summed E-state index contributed by atoms with van der Waals surface area (Å²) in [5.74, 6) is -1.42. The van der Waals surface area contributed by atoms with Crippen LogP contribution in [0.2, 0.25) is 0 Å². The quantitative estimate of drug-likeness (QED) is 0.890. The Bertz CT molecular complexity index is 607. The van der Waals surface area contributed by atoms with Gasteiger partial charge in [-0.15, -0.1) is 11.3 Å². The van der Waals surface area contributed by atoms with Gasteiger partial charge in [-0.2, -0.15) is 0 Å². The predicted octanol–water partition coefficient (Wildman–Crippen LogP) is 2.40. The number of carbonyl (C=O) groups is 2. The van der Waals surface area contributed by atoms with Gasteiger partial charge in [0.25, 0.3) is 5.91 Å². The molecule has 0 aliphatic carbocycles. The van der Waals surface area contributed by atoms with Crippen molar-refractivity contribution in [1.82, 2.24) is 4.98 Å². The van der Waals surface area contributed by atoms with Gasteiger partial charge in [-0.3, -0.25) is 4.79 Å². The van der Waals surface area contributed by atoms with E-state index in [0.717, 1.165) is 4.88 Å². The molecule has 0 aliphatic rings. The molecule has 0 fully saturated rings. The van der Waals surface area contributed by atoms with Crippen LogP contribution in [-0.2, 0) is 0 Å². The van der Waals surface area contributed by atoms with Crippen LogP contribution in [0.15, 0.2) is 30.5 Å². The van der Waals surface area contributed by atoms with Gasteiger partial charge < -0.3 is 10.4 Å². The predicted molar refractivity (Wildman–Crippen MR) is 68.2 cm³/mol. The molecule has 0 aliphatic heterocycles. The Hall–Kier alpha value is -2.21. The minimum absolute atomic E-state index is 0.0286. The molecule has 0 bridgehead atoms. The van der Waals surface area contributed by atoms with Crippen molar-refractivity contribution in [2.75, 3.05) is 5.32 Å². The van der Waals surface area contributed by atoms with Crippen LogP contribution in [0.1, 0.15) is 24.9 Å². The first-order valence-corrected chi connectivity index (χ1v) is 5.95. The van der Waals surface area contributed by atoms with E-state index in [1.165, 1.54) is 29.7 Å². The highest BCUT2D eigenvalue weighted by atomic mass is 32.1. The SMILES string of the molecule is Cc1ccc(C(=O)Nc2ncccc2C(=O)O)s1. The van der Waals surface area contributed by atoms with Crippen molar-refractivity contribution in [3.63, 3.8) is 0 Å². The second-order valence-electron chi connectivity index (χ2n) is 3.57. The monoisotopic (exact) mass is 262 g/mol. The molecule has 0 aromatic carbocycles. The van der Waals surface area contributed by atoms with Gasteiger partial charge in [0, 0.05) is 11.1 Å². The third-order valence-corrected chi connectivity index (χ3v) is 3.23. The van der Waals surface area contributed by atoms with Gasteiger partial charge in [0.2, 0.25) is 0 Å². The van der Waals surface area contributed by atoms with Gasteiger partial charge in [-0.1, -0.05) is 0 Å². The molecule has 2 heterocycles. The van der Waals surface area contributed by atoms with Gasteiger partial charge in [-0.05, 0) is 31.2 Å². The summed E-state index contributed by atoms with van der Waals surface area (Å²) in [6.45, 7) is 1.89. The first-order valence-electron chi connectivity index (χ1n) is 5.14. The largest absolute Gasteiger partial charge is 0.478 e. The maximum Gasteiger partial charge on any atom is 0.339 e. The molecule has 2 aromatic heterocycles. The molecule has 0 saturated carbocycles. The summed E-state index contributed by atoms with van der Waals surface area (Å²) in [6.07, 6.45) is 1.43. The van der Waals surface area contributed by atoms with Crippen LogP contribution in [0.25, 0.3) is 0 Å². The number of aromatic carboxylic acids is 1. The fourth-order valence-electron chi connectivity index (χ4n) is 1.40. The summed E-state index contributed by atoms with van der Waals surface area (Å²) in [6, 6.07) is 6.42. The van der Waals surface area contributed by atoms with E-state index in [2.05, 4.69) is 10.3 Å². The molecule has 0 unspecified atom stereocenters. The molecule has 5 nitrogen and oxygen atoms in total. The average molecular weight is 262 g/mol. The second kappa shape index (κ2) is 4.97. The zero-order valence-electron chi connectivity index (χ0n) is 9.51. The Morgan fingerprint density at radius 1 is 1.33 bits per heavy atom. The Kier molecular flexibility index (Phi) is 3.38. The van der Waals surface area contributed by atoms with Gasteiger partial charge in [-0.25, -0.2) is 9.78 Å². The number of amides is 1. The molecule has 0 spiro atoms. The maximum absolute atomic E-state index is 11.9. The molecular weight excluding hydrogens is 252 g/mol. The highest BCUT2D eigenvalue weighted by Crippen LogP contribution is 2.18. The minimum atomic E-state index is -1.12.